The van der Waals surface area contributed by atoms with Crippen LogP contribution >= 0.6 is 11.8 Å². The number of halogens is 3. The number of carboxylic acid groups (broad SMARTS) is 1. The molecule has 0 aromatic heterocycles. The lowest BCUT2D eigenvalue weighted by molar-refractivity contribution is -0.0328. The van der Waals surface area contributed by atoms with Crippen LogP contribution in [0.1, 0.15) is 21.5 Å². The Morgan fingerprint density at radius 3 is 2.47 bits per heavy atom. The van der Waals surface area contributed by atoms with Crippen LogP contribution in [0, 0.1) is 18.3 Å². The molecule has 17 heavy (non-hydrogen) atoms. The Morgan fingerprint density at radius 1 is 1.47 bits per heavy atom. The highest BCUT2D eigenvalue weighted by molar-refractivity contribution is 8.00. The molecule has 1 aromatic rings. The molecule has 0 heterocycles. The number of carboxylic acids is 1. The van der Waals surface area contributed by atoms with E-state index < -0.39 is 33.7 Å². The highest BCUT2D eigenvalue weighted by Crippen LogP contribution is 2.41. The van der Waals surface area contributed by atoms with Crippen LogP contribution in [0.4, 0.5) is 13.2 Å². The zero-order valence-electron chi connectivity index (χ0n) is 8.50. The summed E-state index contributed by atoms with van der Waals surface area (Å²) in [5.74, 6) is -1.49. The predicted octanol–water partition coefficient (Wildman–Crippen LogP) is 3.18. The molecule has 0 unspecified atom stereocenters. The number of benzene rings is 1. The molecule has 0 spiro atoms. The summed E-state index contributed by atoms with van der Waals surface area (Å²) in [7, 11) is 0. The molecule has 3 nitrogen and oxygen atoms in total. The van der Waals surface area contributed by atoms with Gasteiger partial charge in [-0.25, -0.2) is 4.79 Å². The number of rotatable bonds is 2. The van der Waals surface area contributed by atoms with Gasteiger partial charge in [0.2, 0.25) is 0 Å². The maximum atomic E-state index is 12.3. The van der Waals surface area contributed by atoms with Crippen molar-refractivity contribution in [2.24, 2.45) is 0 Å². The quantitative estimate of drug-likeness (QED) is 0.830. The number of carbonyl (C=O) groups is 1. The van der Waals surface area contributed by atoms with E-state index in [1.165, 1.54) is 13.0 Å². The first-order valence-electron chi connectivity index (χ1n) is 4.29. The lowest BCUT2D eigenvalue weighted by Crippen LogP contribution is -2.07. The Balaban J connectivity index is 3.46. The monoisotopic (exact) mass is 261 g/mol. The molecule has 0 aliphatic rings. The van der Waals surface area contributed by atoms with Crippen LogP contribution in [0.2, 0.25) is 0 Å². The Hall–Kier alpha value is -1.68. The van der Waals surface area contributed by atoms with Crippen LogP contribution in [0.15, 0.2) is 17.0 Å². The van der Waals surface area contributed by atoms with Crippen LogP contribution in [0.3, 0.4) is 0 Å². The first-order chi connectivity index (χ1) is 7.76. The summed E-state index contributed by atoms with van der Waals surface area (Å²) < 4.78 is 36.9. The summed E-state index contributed by atoms with van der Waals surface area (Å²) in [6.45, 7) is 1.45. The fourth-order valence-corrected chi connectivity index (χ4v) is 2.02. The average molecular weight is 261 g/mol. The van der Waals surface area contributed by atoms with Crippen molar-refractivity contribution in [3.05, 3.63) is 28.8 Å². The van der Waals surface area contributed by atoms with Crippen molar-refractivity contribution in [2.45, 2.75) is 17.3 Å². The summed E-state index contributed by atoms with van der Waals surface area (Å²) >= 11 is -0.582. The van der Waals surface area contributed by atoms with Crippen molar-refractivity contribution >= 4 is 17.7 Å². The lowest BCUT2D eigenvalue weighted by atomic mass is 10.1. The highest BCUT2D eigenvalue weighted by Gasteiger charge is 2.33. The van der Waals surface area contributed by atoms with Crippen molar-refractivity contribution < 1.29 is 23.1 Å². The zero-order chi connectivity index (χ0) is 13.2. The number of nitrogens with zero attached hydrogens (tertiary/aromatic N) is 1. The van der Waals surface area contributed by atoms with Crippen molar-refractivity contribution in [1.82, 2.24) is 0 Å². The molecule has 0 bridgehead atoms. The number of aromatic carboxylic acids is 1. The number of thioether (sulfide) groups is 1. The SMILES string of the molecule is Cc1ccc(C(=O)O)c(SC(F)(F)F)c1C#N. The van der Waals surface area contributed by atoms with E-state index in [1.54, 1.807) is 6.07 Å². The molecule has 1 N–H and O–H groups in total. The second-order valence-electron chi connectivity index (χ2n) is 3.10. The third-order valence-corrected chi connectivity index (χ3v) is 2.79. The molecule has 0 radical (unpaired) electrons. The van der Waals surface area contributed by atoms with Gasteiger partial charge >= 0.3 is 11.5 Å². The molecule has 90 valence electrons. The van der Waals surface area contributed by atoms with Crippen LogP contribution < -0.4 is 0 Å². The maximum Gasteiger partial charge on any atom is 0.446 e. The molecule has 1 rings (SSSR count). The van der Waals surface area contributed by atoms with Crippen LogP contribution in [-0.2, 0) is 0 Å². The van der Waals surface area contributed by atoms with Gasteiger partial charge in [0, 0.05) is 4.90 Å². The maximum absolute atomic E-state index is 12.3. The minimum atomic E-state index is -4.64. The van der Waals surface area contributed by atoms with E-state index in [-0.39, 0.29) is 5.56 Å². The fraction of sp³-hybridized carbons (Fsp3) is 0.200. The number of hydrogen-bond acceptors (Lipinski definition) is 3. The van der Waals surface area contributed by atoms with Gasteiger partial charge in [-0.2, -0.15) is 18.4 Å². The van der Waals surface area contributed by atoms with Gasteiger partial charge in [-0.05, 0) is 30.3 Å². The summed E-state index contributed by atoms with van der Waals surface area (Å²) in [5, 5.41) is 17.6. The minimum Gasteiger partial charge on any atom is -0.478 e. The van der Waals surface area contributed by atoms with E-state index in [4.69, 9.17) is 10.4 Å². The van der Waals surface area contributed by atoms with Gasteiger partial charge in [-0.1, -0.05) is 6.07 Å². The topological polar surface area (TPSA) is 61.1 Å². The Morgan fingerprint density at radius 2 is 2.06 bits per heavy atom. The first-order valence-corrected chi connectivity index (χ1v) is 5.10. The van der Waals surface area contributed by atoms with E-state index >= 15 is 0 Å². The third kappa shape index (κ3) is 3.14. The van der Waals surface area contributed by atoms with Gasteiger partial charge in [0.25, 0.3) is 0 Å². The Labute approximate surface area is 98.9 Å². The summed E-state index contributed by atoms with van der Waals surface area (Å²) in [6, 6.07) is 3.97. The van der Waals surface area contributed by atoms with Crippen molar-refractivity contribution in [2.75, 3.05) is 0 Å². The fourth-order valence-electron chi connectivity index (χ4n) is 1.21. The van der Waals surface area contributed by atoms with Crippen molar-refractivity contribution in [3.8, 4) is 6.07 Å². The molecule has 0 atom stereocenters. The number of aryl methyl sites for hydroxylation is 1. The molecular formula is C10H6F3NO2S. The third-order valence-electron chi connectivity index (χ3n) is 1.93. The van der Waals surface area contributed by atoms with Gasteiger partial charge in [0.05, 0.1) is 11.1 Å². The highest BCUT2D eigenvalue weighted by atomic mass is 32.2. The molecule has 0 amide bonds. The predicted molar refractivity (Wildman–Crippen MR) is 54.8 cm³/mol. The summed E-state index contributed by atoms with van der Waals surface area (Å²) in [5.41, 5.74) is -5.10. The zero-order valence-corrected chi connectivity index (χ0v) is 9.32. The average Bonchev–Trinajstić information content (AvgIpc) is 2.15. The Kier molecular flexibility index (Phi) is 3.68. The second-order valence-corrected chi connectivity index (χ2v) is 4.17. The normalized spacial score (nSPS) is 11.0. The van der Waals surface area contributed by atoms with Gasteiger partial charge in [0.15, 0.2) is 0 Å². The smallest absolute Gasteiger partial charge is 0.446 e. The molecule has 0 aliphatic carbocycles. The number of nitriles is 1. The van der Waals surface area contributed by atoms with E-state index in [0.717, 1.165) is 6.07 Å². The number of alkyl halides is 3. The molecular weight excluding hydrogens is 255 g/mol. The molecule has 1 aromatic carbocycles. The van der Waals surface area contributed by atoms with Crippen LogP contribution in [0.25, 0.3) is 0 Å². The summed E-state index contributed by atoms with van der Waals surface area (Å²) in [6.07, 6.45) is 0. The second kappa shape index (κ2) is 4.67. The van der Waals surface area contributed by atoms with Crippen LogP contribution in [0.5, 0.6) is 0 Å². The number of hydrogen-bond donors (Lipinski definition) is 1. The molecule has 7 heteroatoms. The van der Waals surface area contributed by atoms with Crippen LogP contribution in [-0.4, -0.2) is 16.6 Å². The van der Waals surface area contributed by atoms with E-state index in [1.807, 2.05) is 0 Å². The van der Waals surface area contributed by atoms with Gasteiger partial charge in [-0.3, -0.25) is 0 Å². The van der Waals surface area contributed by atoms with E-state index in [9.17, 15) is 18.0 Å². The molecule has 0 fully saturated rings. The first kappa shape index (κ1) is 13.4. The van der Waals surface area contributed by atoms with Crippen molar-refractivity contribution in [3.63, 3.8) is 0 Å². The summed E-state index contributed by atoms with van der Waals surface area (Å²) in [4.78, 5) is 10.2. The van der Waals surface area contributed by atoms with Gasteiger partial charge < -0.3 is 5.11 Å². The molecule has 0 saturated carbocycles. The Bertz CT molecular complexity index is 505. The van der Waals surface area contributed by atoms with E-state index in [0.29, 0.717) is 5.56 Å². The molecule has 0 aliphatic heterocycles. The standard InChI is InChI=1S/C10H6F3NO2S/c1-5-2-3-6(9(15)16)8(7(5)4-14)17-10(11,12)13/h2-3H,1H3,(H,15,16). The largest absolute Gasteiger partial charge is 0.478 e. The minimum absolute atomic E-state index is 0.257. The van der Waals surface area contributed by atoms with Crippen molar-refractivity contribution in [1.29, 1.82) is 5.26 Å². The molecule has 0 saturated heterocycles. The van der Waals surface area contributed by atoms with E-state index in [2.05, 4.69) is 0 Å². The van der Waals surface area contributed by atoms with Gasteiger partial charge in [0.1, 0.15) is 6.07 Å². The van der Waals surface area contributed by atoms with Gasteiger partial charge in [-0.15, -0.1) is 0 Å². The lowest BCUT2D eigenvalue weighted by Gasteiger charge is -2.11.